The van der Waals surface area contributed by atoms with Crippen LogP contribution in [-0.4, -0.2) is 50.3 Å². The van der Waals surface area contributed by atoms with Gasteiger partial charge >= 0.3 is 0 Å². The third kappa shape index (κ3) is 3.84. The van der Waals surface area contributed by atoms with E-state index in [1.54, 1.807) is 14.2 Å². The quantitative estimate of drug-likeness (QED) is 0.730. The van der Waals surface area contributed by atoms with Gasteiger partial charge in [0.2, 0.25) is 0 Å². The van der Waals surface area contributed by atoms with Gasteiger partial charge in [-0.1, -0.05) is 32.0 Å². The van der Waals surface area contributed by atoms with Crippen molar-refractivity contribution in [1.29, 1.82) is 0 Å². The highest BCUT2D eigenvalue weighted by molar-refractivity contribution is 7.80. The number of hydrogen-bond acceptors (Lipinski definition) is 4. The van der Waals surface area contributed by atoms with Crippen molar-refractivity contribution in [3.05, 3.63) is 23.3 Å². The minimum absolute atomic E-state index is 0.101. The molecule has 1 saturated heterocycles. The second-order valence-electron chi connectivity index (χ2n) is 7.62. The first-order valence-corrected chi connectivity index (χ1v) is 10.3. The monoisotopic (exact) mass is 376 g/mol. The Hall–Kier alpha value is -1.33. The third-order valence-corrected chi connectivity index (χ3v) is 6.38. The molecule has 0 radical (unpaired) electrons. The molecule has 1 aromatic rings. The van der Waals surface area contributed by atoms with Gasteiger partial charge in [-0.25, -0.2) is 0 Å². The van der Waals surface area contributed by atoms with Gasteiger partial charge in [-0.3, -0.25) is 0 Å². The molecule has 0 amide bonds. The van der Waals surface area contributed by atoms with Crippen LogP contribution in [0, 0.1) is 0 Å². The number of hydrogen-bond donors (Lipinski definition) is 1. The highest BCUT2D eigenvalue weighted by Gasteiger charge is 2.38. The number of nitrogens with zero attached hydrogens (tertiary/aromatic N) is 1. The fourth-order valence-corrected chi connectivity index (χ4v) is 4.79. The Balaban J connectivity index is 1.94. The van der Waals surface area contributed by atoms with E-state index in [0.29, 0.717) is 0 Å². The zero-order valence-electron chi connectivity index (χ0n) is 16.4. The van der Waals surface area contributed by atoms with Gasteiger partial charge in [-0.05, 0) is 63.0 Å². The minimum atomic E-state index is 0.101. The van der Waals surface area contributed by atoms with Crippen molar-refractivity contribution in [2.24, 2.45) is 0 Å². The molecule has 3 rings (SSSR count). The molecule has 2 aliphatic heterocycles. The summed E-state index contributed by atoms with van der Waals surface area (Å²) in [6, 6.07) is 4.22. The molecule has 0 bridgehead atoms. The fourth-order valence-electron chi connectivity index (χ4n) is 4.55. The minimum Gasteiger partial charge on any atom is -0.493 e. The van der Waals surface area contributed by atoms with Crippen molar-refractivity contribution in [2.45, 2.75) is 50.9 Å². The molecule has 0 aromatic heterocycles. The molecular formula is C21H32N2O2S. The standard InChI is InChI=1S/C21H32N2O2S/c1-4-8-21(9-12-23-10-6-5-7-11-23)15-22-20(26)16-13-18(24-2)19(25-3)14-17(16)21/h13-14H,4-12,15H2,1-3H3,(H,22,26). The van der Waals surface area contributed by atoms with Gasteiger partial charge in [0, 0.05) is 17.5 Å². The molecule has 1 fully saturated rings. The summed E-state index contributed by atoms with van der Waals surface area (Å²) in [5.41, 5.74) is 2.54. The average Bonchev–Trinajstić information content (AvgIpc) is 2.69. The molecule has 1 atom stereocenters. The number of nitrogens with one attached hydrogen (secondary N) is 1. The lowest BCUT2D eigenvalue weighted by Gasteiger charge is -2.42. The van der Waals surface area contributed by atoms with Gasteiger partial charge in [0.05, 0.1) is 14.2 Å². The van der Waals surface area contributed by atoms with Crippen LogP contribution < -0.4 is 14.8 Å². The number of likely N-dealkylation sites (tertiary alicyclic amines) is 1. The van der Waals surface area contributed by atoms with E-state index < -0.39 is 0 Å². The zero-order chi connectivity index (χ0) is 18.6. The largest absolute Gasteiger partial charge is 0.493 e. The van der Waals surface area contributed by atoms with E-state index >= 15 is 0 Å². The Morgan fingerprint density at radius 1 is 1.08 bits per heavy atom. The van der Waals surface area contributed by atoms with Crippen LogP contribution in [-0.2, 0) is 5.41 Å². The summed E-state index contributed by atoms with van der Waals surface area (Å²) in [6.07, 6.45) is 7.52. The number of rotatable bonds is 7. The Morgan fingerprint density at radius 2 is 1.77 bits per heavy atom. The summed E-state index contributed by atoms with van der Waals surface area (Å²) in [6.45, 7) is 6.83. The van der Waals surface area contributed by atoms with Crippen LogP contribution in [0.2, 0.25) is 0 Å². The van der Waals surface area contributed by atoms with Crippen LogP contribution in [0.25, 0.3) is 0 Å². The Morgan fingerprint density at radius 3 is 2.42 bits per heavy atom. The molecule has 0 spiro atoms. The van der Waals surface area contributed by atoms with E-state index in [9.17, 15) is 0 Å². The maximum absolute atomic E-state index is 5.63. The molecule has 4 nitrogen and oxygen atoms in total. The van der Waals surface area contributed by atoms with E-state index in [0.717, 1.165) is 54.4 Å². The van der Waals surface area contributed by atoms with Crippen LogP contribution in [0.3, 0.4) is 0 Å². The molecule has 144 valence electrons. The number of thiocarbonyl (C=S) groups is 1. The van der Waals surface area contributed by atoms with Gasteiger partial charge < -0.3 is 19.7 Å². The van der Waals surface area contributed by atoms with Crippen LogP contribution in [0.4, 0.5) is 0 Å². The van der Waals surface area contributed by atoms with Gasteiger partial charge in [0.25, 0.3) is 0 Å². The number of methoxy groups -OCH3 is 2. The molecule has 26 heavy (non-hydrogen) atoms. The van der Waals surface area contributed by atoms with Crippen LogP contribution in [0.1, 0.15) is 56.6 Å². The van der Waals surface area contributed by atoms with Crippen LogP contribution in [0.5, 0.6) is 11.5 Å². The van der Waals surface area contributed by atoms with Crippen molar-refractivity contribution < 1.29 is 9.47 Å². The molecule has 5 heteroatoms. The lowest BCUT2D eigenvalue weighted by molar-refractivity contribution is 0.197. The number of ether oxygens (including phenoxy) is 2. The van der Waals surface area contributed by atoms with Crippen molar-refractivity contribution in [1.82, 2.24) is 10.2 Å². The van der Waals surface area contributed by atoms with E-state index in [2.05, 4.69) is 23.2 Å². The summed E-state index contributed by atoms with van der Waals surface area (Å²) >= 11 is 5.63. The van der Waals surface area contributed by atoms with Crippen LogP contribution in [0.15, 0.2) is 12.1 Å². The number of benzene rings is 1. The number of fused-ring (bicyclic) bond motifs is 1. The predicted octanol–water partition coefficient (Wildman–Crippen LogP) is 3.90. The molecule has 1 unspecified atom stereocenters. The summed E-state index contributed by atoms with van der Waals surface area (Å²) in [7, 11) is 3.39. The Labute approximate surface area is 163 Å². The van der Waals surface area contributed by atoms with Gasteiger partial charge in [0.15, 0.2) is 11.5 Å². The highest BCUT2D eigenvalue weighted by Crippen LogP contribution is 2.43. The first-order valence-electron chi connectivity index (χ1n) is 9.90. The van der Waals surface area contributed by atoms with E-state index in [-0.39, 0.29) is 5.41 Å². The smallest absolute Gasteiger partial charge is 0.161 e. The second-order valence-corrected chi connectivity index (χ2v) is 8.03. The maximum atomic E-state index is 5.63. The first-order chi connectivity index (χ1) is 12.6. The molecule has 0 saturated carbocycles. The Bertz CT molecular complexity index is 643. The van der Waals surface area contributed by atoms with Gasteiger partial charge in [0.1, 0.15) is 4.99 Å². The summed E-state index contributed by atoms with van der Waals surface area (Å²) in [4.78, 5) is 3.46. The van der Waals surface area contributed by atoms with Crippen molar-refractivity contribution in [3.8, 4) is 11.5 Å². The normalized spacial score (nSPS) is 23.3. The lowest BCUT2D eigenvalue weighted by Crippen LogP contribution is -2.48. The molecule has 0 aliphatic carbocycles. The number of piperidine rings is 1. The highest BCUT2D eigenvalue weighted by atomic mass is 32.1. The molecule has 2 heterocycles. The first kappa shape index (κ1) is 19.4. The lowest BCUT2D eigenvalue weighted by atomic mass is 9.70. The molecule has 1 N–H and O–H groups in total. The van der Waals surface area contributed by atoms with E-state index in [1.165, 1.54) is 37.9 Å². The summed E-state index contributed by atoms with van der Waals surface area (Å²) in [5, 5.41) is 3.51. The SMILES string of the molecule is CCCC1(CCN2CCCCC2)CNC(=S)c2cc(OC)c(OC)cc21. The topological polar surface area (TPSA) is 33.7 Å². The van der Waals surface area contributed by atoms with Gasteiger partial charge in [-0.15, -0.1) is 0 Å². The summed E-state index contributed by atoms with van der Waals surface area (Å²) < 4.78 is 11.1. The van der Waals surface area contributed by atoms with Crippen molar-refractivity contribution in [2.75, 3.05) is 40.4 Å². The van der Waals surface area contributed by atoms with Crippen molar-refractivity contribution in [3.63, 3.8) is 0 Å². The van der Waals surface area contributed by atoms with Crippen molar-refractivity contribution >= 4 is 17.2 Å². The van der Waals surface area contributed by atoms with E-state index in [4.69, 9.17) is 21.7 Å². The van der Waals surface area contributed by atoms with Gasteiger partial charge in [-0.2, -0.15) is 0 Å². The van der Waals surface area contributed by atoms with Crippen LogP contribution >= 0.6 is 12.2 Å². The predicted molar refractivity (Wildman–Crippen MR) is 111 cm³/mol. The molecule has 2 aliphatic rings. The second kappa shape index (κ2) is 8.57. The average molecular weight is 377 g/mol. The zero-order valence-corrected chi connectivity index (χ0v) is 17.2. The molecular weight excluding hydrogens is 344 g/mol. The maximum Gasteiger partial charge on any atom is 0.161 e. The fraction of sp³-hybridized carbons (Fsp3) is 0.667. The Kier molecular flexibility index (Phi) is 6.41. The van der Waals surface area contributed by atoms with E-state index in [1.807, 2.05) is 6.07 Å². The summed E-state index contributed by atoms with van der Waals surface area (Å²) in [5.74, 6) is 1.55. The third-order valence-electron chi connectivity index (χ3n) is 6.01. The molecule has 1 aromatic carbocycles.